The molecule has 1 heterocycles. The molecule has 0 aliphatic carbocycles. The second-order valence-electron chi connectivity index (χ2n) is 5.55. The van der Waals surface area contributed by atoms with Gasteiger partial charge in [-0.3, -0.25) is 11.6 Å². The van der Waals surface area contributed by atoms with E-state index >= 15 is 0 Å². The first-order chi connectivity index (χ1) is 11.6. The number of hydrogen-bond acceptors (Lipinski definition) is 5. The molecular weight excluding hydrogens is 378 g/mol. The quantitative estimate of drug-likeness (QED) is 0.332. The van der Waals surface area contributed by atoms with Crippen molar-refractivity contribution < 1.29 is 35.2 Å². The van der Waals surface area contributed by atoms with Crippen LogP contribution in [0.25, 0.3) is 0 Å². The van der Waals surface area contributed by atoms with Gasteiger partial charge in [0.15, 0.2) is 0 Å². The van der Waals surface area contributed by atoms with Crippen molar-refractivity contribution in [2.75, 3.05) is 11.6 Å². The van der Waals surface area contributed by atoms with Crippen molar-refractivity contribution in [3.05, 3.63) is 52.5 Å². The summed E-state index contributed by atoms with van der Waals surface area (Å²) in [4.78, 5) is -0.0851. The van der Waals surface area contributed by atoms with E-state index in [0.717, 1.165) is 5.56 Å². The van der Waals surface area contributed by atoms with Crippen molar-refractivity contribution >= 4 is 15.9 Å². The first-order valence-electron chi connectivity index (χ1n) is 7.01. The zero-order valence-corrected chi connectivity index (χ0v) is 14.9. The van der Waals surface area contributed by atoms with E-state index in [0.29, 0.717) is 28.1 Å². The standard InChI is InChI=1S/C9H12O3S.C6H5F4N3/c1-6-4-7(2)9(8(3)5-6)13(10,11)12;7-4-1-3(6(8,9)10)2-13(12)5(4)11/h4-5H,1-3H3,(H,10,11,12);1-2,11H,12H2. The van der Waals surface area contributed by atoms with E-state index in [1.54, 1.807) is 26.0 Å². The van der Waals surface area contributed by atoms with Gasteiger partial charge >= 0.3 is 12.0 Å². The van der Waals surface area contributed by atoms with E-state index in [-0.39, 0.29) is 4.90 Å². The summed E-state index contributed by atoms with van der Waals surface area (Å²) in [5.74, 6) is 3.22. The maximum Gasteiger partial charge on any atom is 0.420 e. The fourth-order valence-electron chi connectivity index (χ4n) is 2.31. The van der Waals surface area contributed by atoms with Crippen LogP contribution in [0.4, 0.5) is 23.4 Å². The first kappa shape index (κ1) is 21.6. The second kappa shape index (κ2) is 7.46. The summed E-state index contributed by atoms with van der Waals surface area (Å²) in [6.45, 7) is 5.12. The molecule has 0 saturated carbocycles. The third-order valence-corrected chi connectivity index (χ3v) is 4.41. The average Bonchev–Trinajstić information content (AvgIpc) is 2.41. The number of aryl methyl sites for hydroxylation is 3. The van der Waals surface area contributed by atoms with Gasteiger partial charge in [-0.25, -0.2) is 8.42 Å². The van der Waals surface area contributed by atoms with E-state index in [1.165, 1.54) is 0 Å². The number of nitrogen functional groups attached to an aromatic ring is 2. The van der Waals surface area contributed by atoms with Crippen LogP contribution in [0, 0.1) is 26.6 Å². The Morgan fingerprint density at radius 1 is 1.08 bits per heavy atom. The largest absolute Gasteiger partial charge is 0.744 e. The fraction of sp³-hybridized carbons (Fsp3) is 0.267. The lowest BCUT2D eigenvalue weighted by Gasteiger charge is -2.14. The number of benzene rings is 1. The Morgan fingerprint density at radius 3 is 1.88 bits per heavy atom. The Hall–Kier alpha value is -2.40. The van der Waals surface area contributed by atoms with Crippen LogP contribution in [0.5, 0.6) is 0 Å². The molecule has 0 spiro atoms. The molecule has 11 heteroatoms. The van der Waals surface area contributed by atoms with Crippen molar-refractivity contribution in [3.8, 4) is 0 Å². The maximum absolute atomic E-state index is 12.6. The van der Waals surface area contributed by atoms with E-state index in [2.05, 4.69) is 0 Å². The lowest BCUT2D eigenvalue weighted by molar-refractivity contribution is -0.626. The maximum atomic E-state index is 12.6. The number of alkyl halides is 3. The number of aromatic nitrogens is 1. The van der Waals surface area contributed by atoms with Gasteiger partial charge in [-0.2, -0.15) is 17.6 Å². The molecule has 0 aliphatic heterocycles. The monoisotopic (exact) mass is 395 g/mol. The SMILES string of the molecule is Cc1cc(C)c(S(=O)(=O)[O-])c(C)c1.Nc1c(F)cc(C(F)(F)F)c[n+]1N. The Labute approximate surface area is 147 Å². The Morgan fingerprint density at radius 2 is 1.54 bits per heavy atom. The predicted octanol–water partition coefficient (Wildman–Crippen LogP) is 1.94. The molecule has 2 aromatic rings. The number of pyridine rings is 1. The lowest BCUT2D eigenvalue weighted by Crippen LogP contribution is -2.48. The van der Waals surface area contributed by atoms with Gasteiger partial charge in [-0.05, 0) is 38.0 Å². The van der Waals surface area contributed by atoms with Gasteiger partial charge in [0.2, 0.25) is 5.82 Å². The van der Waals surface area contributed by atoms with Crippen LogP contribution >= 0.6 is 0 Å². The van der Waals surface area contributed by atoms with E-state index in [1.807, 2.05) is 6.92 Å². The number of anilines is 1. The summed E-state index contributed by atoms with van der Waals surface area (Å²) in [5, 5.41) is 0. The Kier molecular flexibility index (Phi) is 6.21. The highest BCUT2D eigenvalue weighted by Crippen LogP contribution is 2.28. The molecule has 26 heavy (non-hydrogen) atoms. The number of hydrogen-bond donors (Lipinski definition) is 2. The number of halogens is 4. The van der Waals surface area contributed by atoms with Crippen LogP contribution in [-0.2, 0) is 16.3 Å². The molecule has 0 unspecified atom stereocenters. The first-order valence-corrected chi connectivity index (χ1v) is 8.42. The molecule has 0 atom stereocenters. The van der Waals surface area contributed by atoms with Crippen molar-refractivity contribution in [2.24, 2.45) is 0 Å². The van der Waals surface area contributed by atoms with Crippen LogP contribution < -0.4 is 16.3 Å². The smallest absolute Gasteiger partial charge is 0.420 e. The lowest BCUT2D eigenvalue weighted by atomic mass is 10.1. The third kappa shape index (κ3) is 5.30. The van der Waals surface area contributed by atoms with E-state index in [9.17, 15) is 30.5 Å². The molecule has 144 valence electrons. The number of rotatable bonds is 1. The highest BCUT2D eigenvalue weighted by molar-refractivity contribution is 7.85. The molecule has 0 saturated heterocycles. The molecule has 1 aromatic carbocycles. The van der Waals surface area contributed by atoms with Crippen LogP contribution in [0.3, 0.4) is 0 Å². The highest BCUT2D eigenvalue weighted by atomic mass is 32.2. The molecular formula is C15H17F4N3O3S. The molecule has 0 radical (unpaired) electrons. The number of nitrogens with two attached hydrogens (primary N) is 2. The van der Waals surface area contributed by atoms with Crippen molar-refractivity contribution in [2.45, 2.75) is 31.8 Å². The van der Waals surface area contributed by atoms with Gasteiger partial charge in [0.25, 0.3) is 0 Å². The molecule has 2 rings (SSSR count). The zero-order chi connectivity index (χ0) is 20.4. The van der Waals surface area contributed by atoms with Crippen molar-refractivity contribution in [3.63, 3.8) is 0 Å². The van der Waals surface area contributed by atoms with Gasteiger partial charge < -0.3 is 4.55 Å². The average molecular weight is 395 g/mol. The third-order valence-electron chi connectivity index (χ3n) is 3.27. The summed E-state index contributed by atoms with van der Waals surface area (Å²) in [6, 6.07) is 3.67. The van der Waals surface area contributed by atoms with Crippen molar-refractivity contribution in [1.82, 2.24) is 0 Å². The Bertz CT molecular complexity index is 882. The van der Waals surface area contributed by atoms with Gasteiger partial charge in [0.1, 0.15) is 21.9 Å². The summed E-state index contributed by atoms with van der Waals surface area (Å²) in [5.41, 5.74) is 5.81. The number of nitrogens with zero attached hydrogens (tertiary/aromatic N) is 1. The van der Waals surface area contributed by atoms with Crippen LogP contribution in [0.1, 0.15) is 22.3 Å². The minimum absolute atomic E-state index is 0.0851. The van der Waals surface area contributed by atoms with Crippen LogP contribution in [-0.4, -0.2) is 13.0 Å². The van der Waals surface area contributed by atoms with Gasteiger partial charge in [-0.1, -0.05) is 17.7 Å². The topological polar surface area (TPSA) is 113 Å². The normalized spacial score (nSPS) is 11.7. The van der Waals surface area contributed by atoms with E-state index in [4.69, 9.17) is 11.6 Å². The highest BCUT2D eigenvalue weighted by Gasteiger charge is 2.34. The minimum atomic E-state index is -4.63. The summed E-state index contributed by atoms with van der Waals surface area (Å²) < 4.78 is 81.5. The predicted molar refractivity (Wildman–Crippen MR) is 84.8 cm³/mol. The molecule has 4 N–H and O–H groups in total. The van der Waals surface area contributed by atoms with Gasteiger partial charge in [0.05, 0.1) is 4.90 Å². The molecule has 1 aromatic heterocycles. The zero-order valence-electron chi connectivity index (χ0n) is 14.1. The summed E-state index contributed by atoms with van der Waals surface area (Å²) >= 11 is 0. The molecule has 0 fully saturated rings. The minimum Gasteiger partial charge on any atom is -0.744 e. The van der Waals surface area contributed by atoms with Gasteiger partial charge in [-0.15, -0.1) is 4.68 Å². The van der Waals surface area contributed by atoms with Gasteiger partial charge in [0, 0.05) is 0 Å². The molecule has 6 nitrogen and oxygen atoms in total. The van der Waals surface area contributed by atoms with Crippen LogP contribution in [0.2, 0.25) is 0 Å². The molecule has 0 amide bonds. The molecule has 0 bridgehead atoms. The van der Waals surface area contributed by atoms with Crippen molar-refractivity contribution in [1.29, 1.82) is 0 Å². The summed E-state index contributed by atoms with van der Waals surface area (Å²) in [7, 11) is -4.33. The second-order valence-corrected chi connectivity index (χ2v) is 6.87. The van der Waals surface area contributed by atoms with Crippen LogP contribution in [0.15, 0.2) is 29.3 Å². The fourth-order valence-corrected chi connectivity index (χ4v) is 3.21. The summed E-state index contributed by atoms with van der Waals surface area (Å²) in [6.07, 6.45) is -4.12. The molecule has 0 aliphatic rings. The Balaban J connectivity index is 0.000000260. The van der Waals surface area contributed by atoms with E-state index < -0.39 is 33.5 Å².